The number of hydrogen-bond donors (Lipinski definition) is 2. The average molecular weight is 481 g/mol. The van der Waals surface area contributed by atoms with Crippen molar-refractivity contribution in [2.45, 2.75) is 37.6 Å². The van der Waals surface area contributed by atoms with Gasteiger partial charge in [-0.3, -0.25) is 24.5 Å². The Bertz CT molecular complexity index is 1200. The predicted octanol–water partition coefficient (Wildman–Crippen LogP) is 2.76. The number of nitrogens with zero attached hydrogens (tertiary/aromatic N) is 1. The summed E-state index contributed by atoms with van der Waals surface area (Å²) in [6.07, 6.45) is -4.95. The van der Waals surface area contributed by atoms with Gasteiger partial charge < -0.3 is 10.2 Å². The van der Waals surface area contributed by atoms with Crippen LogP contribution in [-0.4, -0.2) is 40.7 Å². The van der Waals surface area contributed by atoms with Gasteiger partial charge in [0.05, 0.1) is 12.1 Å². The number of carbonyl (C=O) groups excluding carboxylic acids is 4. The molecule has 4 rings (SSSR count). The number of nitrogens with one attached hydrogen (secondary N) is 2. The molecule has 0 spiro atoms. The smallest absolute Gasteiger partial charge is 0.337 e. The topological polar surface area (TPSA) is 95.6 Å². The molecular formula is C22H16F5N3O4. The molecule has 1 fully saturated rings. The molecule has 34 heavy (non-hydrogen) atoms. The van der Waals surface area contributed by atoms with Gasteiger partial charge in [-0.1, -0.05) is 12.1 Å². The van der Waals surface area contributed by atoms with E-state index in [0.717, 1.165) is 41.3 Å². The Balaban J connectivity index is 1.59. The number of alkyl halides is 3. The molecule has 2 aliphatic heterocycles. The fourth-order valence-corrected chi connectivity index (χ4v) is 4.00. The number of fused-ring (bicyclic) bond motifs is 1. The molecule has 2 aliphatic rings. The van der Waals surface area contributed by atoms with Crippen molar-refractivity contribution in [3.05, 3.63) is 70.3 Å². The normalized spacial score (nSPS) is 19.0. The highest BCUT2D eigenvalue weighted by Gasteiger charge is 2.44. The SMILES string of the molecule is O=C1CCC(N2Cc3c(ccc(C(=O)N[C@H](c4ccc(F)cc4)C(F)(F)F)c3F)C2=O)C(=O)N1. The zero-order chi connectivity index (χ0) is 24.8. The number of rotatable bonds is 4. The molecule has 178 valence electrons. The molecule has 2 heterocycles. The standard InChI is InChI=1S/C22H16F5N3O4/c23-11-3-1-10(2-4-11)18(22(25,26)27)29-19(32)13-6-5-12-14(17(13)24)9-30(21(12)34)15-7-8-16(31)28-20(15)33/h1-6,15,18H,7-9H2,(H,29,32)(H,28,31,33)/t15?,18-/m1/s1. The molecule has 0 radical (unpaired) electrons. The molecule has 2 aromatic carbocycles. The first-order chi connectivity index (χ1) is 16.0. The summed E-state index contributed by atoms with van der Waals surface area (Å²) in [7, 11) is 0. The van der Waals surface area contributed by atoms with E-state index < -0.39 is 71.2 Å². The van der Waals surface area contributed by atoms with Gasteiger partial charge in [0.2, 0.25) is 11.8 Å². The van der Waals surface area contributed by atoms with Crippen molar-refractivity contribution in [3.8, 4) is 0 Å². The van der Waals surface area contributed by atoms with Crippen LogP contribution in [-0.2, 0) is 16.1 Å². The summed E-state index contributed by atoms with van der Waals surface area (Å²) < 4.78 is 69.0. The fourth-order valence-electron chi connectivity index (χ4n) is 4.00. The molecule has 0 saturated carbocycles. The minimum atomic E-state index is -4.96. The van der Waals surface area contributed by atoms with Crippen molar-refractivity contribution in [3.63, 3.8) is 0 Å². The second-order valence-electron chi connectivity index (χ2n) is 7.85. The van der Waals surface area contributed by atoms with E-state index in [1.54, 1.807) is 5.32 Å². The van der Waals surface area contributed by atoms with Gasteiger partial charge in [-0.05, 0) is 36.2 Å². The number of hydrogen-bond acceptors (Lipinski definition) is 4. The molecule has 12 heteroatoms. The number of imide groups is 1. The second kappa shape index (κ2) is 8.50. The Kier molecular flexibility index (Phi) is 5.84. The summed E-state index contributed by atoms with van der Waals surface area (Å²) in [5.74, 6) is -5.28. The molecule has 2 N–H and O–H groups in total. The van der Waals surface area contributed by atoms with Gasteiger partial charge in [0, 0.05) is 17.5 Å². The first-order valence-electron chi connectivity index (χ1n) is 10.1. The second-order valence-corrected chi connectivity index (χ2v) is 7.85. The Hall–Kier alpha value is -3.83. The maximum absolute atomic E-state index is 15.2. The lowest BCUT2D eigenvalue weighted by Crippen LogP contribution is -2.52. The molecular weight excluding hydrogens is 465 g/mol. The molecule has 1 unspecified atom stereocenters. The van der Waals surface area contributed by atoms with Crippen molar-refractivity contribution >= 4 is 23.6 Å². The van der Waals surface area contributed by atoms with Crippen LogP contribution >= 0.6 is 0 Å². The van der Waals surface area contributed by atoms with E-state index in [0.29, 0.717) is 0 Å². The van der Waals surface area contributed by atoms with E-state index in [-0.39, 0.29) is 24.0 Å². The van der Waals surface area contributed by atoms with Gasteiger partial charge in [0.15, 0.2) is 6.04 Å². The summed E-state index contributed by atoms with van der Waals surface area (Å²) >= 11 is 0. The predicted molar refractivity (Wildman–Crippen MR) is 105 cm³/mol. The zero-order valence-corrected chi connectivity index (χ0v) is 17.2. The summed E-state index contributed by atoms with van der Waals surface area (Å²) in [6, 6.07) is 1.72. The first-order valence-corrected chi connectivity index (χ1v) is 10.1. The maximum Gasteiger partial charge on any atom is 0.412 e. The highest BCUT2D eigenvalue weighted by atomic mass is 19.4. The van der Waals surface area contributed by atoms with Crippen LogP contribution in [0.25, 0.3) is 0 Å². The van der Waals surface area contributed by atoms with Gasteiger partial charge in [0.25, 0.3) is 11.8 Å². The third-order valence-electron chi connectivity index (χ3n) is 5.70. The maximum atomic E-state index is 15.2. The summed E-state index contributed by atoms with van der Waals surface area (Å²) in [5, 5.41) is 3.81. The van der Waals surface area contributed by atoms with E-state index in [4.69, 9.17) is 0 Å². The van der Waals surface area contributed by atoms with Crippen molar-refractivity contribution in [2.24, 2.45) is 0 Å². The van der Waals surface area contributed by atoms with Crippen molar-refractivity contribution in [2.75, 3.05) is 0 Å². The van der Waals surface area contributed by atoms with Crippen LogP contribution in [0.5, 0.6) is 0 Å². The van der Waals surface area contributed by atoms with Gasteiger partial charge in [0.1, 0.15) is 17.7 Å². The Labute approximate surface area is 188 Å². The zero-order valence-electron chi connectivity index (χ0n) is 17.2. The Morgan fingerprint density at radius 2 is 1.74 bits per heavy atom. The molecule has 2 aromatic rings. The summed E-state index contributed by atoms with van der Waals surface area (Å²) in [4.78, 5) is 49.8. The highest BCUT2D eigenvalue weighted by molar-refractivity contribution is 6.06. The van der Waals surface area contributed by atoms with Crippen molar-refractivity contribution in [1.29, 1.82) is 0 Å². The van der Waals surface area contributed by atoms with Crippen LogP contribution < -0.4 is 10.6 Å². The molecule has 7 nitrogen and oxygen atoms in total. The van der Waals surface area contributed by atoms with Crippen LogP contribution in [0.3, 0.4) is 0 Å². The molecule has 0 aromatic heterocycles. The lowest BCUT2D eigenvalue weighted by atomic mass is 10.0. The van der Waals surface area contributed by atoms with Gasteiger partial charge >= 0.3 is 6.18 Å². The van der Waals surface area contributed by atoms with Crippen LogP contribution in [0.2, 0.25) is 0 Å². The highest BCUT2D eigenvalue weighted by Crippen LogP contribution is 2.34. The van der Waals surface area contributed by atoms with E-state index in [1.807, 2.05) is 0 Å². The third-order valence-corrected chi connectivity index (χ3v) is 5.70. The van der Waals surface area contributed by atoms with Crippen LogP contribution in [0.4, 0.5) is 22.0 Å². The minimum Gasteiger partial charge on any atom is -0.337 e. The fraction of sp³-hybridized carbons (Fsp3) is 0.273. The van der Waals surface area contributed by atoms with E-state index in [1.165, 1.54) is 0 Å². The van der Waals surface area contributed by atoms with Crippen molar-refractivity contribution < 1.29 is 41.1 Å². The van der Waals surface area contributed by atoms with E-state index in [2.05, 4.69) is 5.32 Å². The number of carbonyl (C=O) groups is 4. The van der Waals surface area contributed by atoms with Gasteiger partial charge in [-0.25, -0.2) is 8.78 Å². The minimum absolute atomic E-state index is 0.0190. The molecule has 1 saturated heterocycles. The number of benzene rings is 2. The molecule has 4 amide bonds. The lowest BCUT2D eigenvalue weighted by molar-refractivity contribution is -0.155. The summed E-state index contributed by atoms with van der Waals surface area (Å²) in [6.45, 7) is -0.395. The quantitative estimate of drug-likeness (QED) is 0.519. The molecule has 0 aliphatic carbocycles. The molecule has 0 bridgehead atoms. The van der Waals surface area contributed by atoms with Crippen molar-refractivity contribution in [1.82, 2.24) is 15.5 Å². The number of amides is 4. The third kappa shape index (κ3) is 4.22. The Morgan fingerprint density at radius 3 is 2.35 bits per heavy atom. The van der Waals surface area contributed by atoms with Gasteiger partial charge in [-0.15, -0.1) is 0 Å². The number of piperidine rings is 1. The van der Waals surface area contributed by atoms with Crippen LogP contribution in [0, 0.1) is 11.6 Å². The van der Waals surface area contributed by atoms with E-state index >= 15 is 4.39 Å². The average Bonchev–Trinajstić information content (AvgIpc) is 3.09. The summed E-state index contributed by atoms with van der Waals surface area (Å²) in [5.41, 5.74) is -1.56. The lowest BCUT2D eigenvalue weighted by Gasteiger charge is -2.29. The van der Waals surface area contributed by atoms with Crippen LogP contribution in [0.15, 0.2) is 36.4 Å². The monoisotopic (exact) mass is 481 g/mol. The largest absolute Gasteiger partial charge is 0.412 e. The molecule has 2 atom stereocenters. The first kappa shape index (κ1) is 23.3. The Morgan fingerprint density at radius 1 is 1.06 bits per heavy atom. The number of halogens is 5. The van der Waals surface area contributed by atoms with Gasteiger partial charge in [-0.2, -0.15) is 13.2 Å². The van der Waals surface area contributed by atoms with Crippen LogP contribution in [0.1, 0.15) is 50.7 Å². The van der Waals surface area contributed by atoms with E-state index in [9.17, 15) is 36.7 Å².